The monoisotopic (exact) mass is 328 g/mol. The van der Waals surface area contributed by atoms with Gasteiger partial charge >= 0.3 is 5.97 Å². The van der Waals surface area contributed by atoms with Crippen LogP contribution in [0.25, 0.3) is 0 Å². The normalized spacial score (nSPS) is 15.7. The summed E-state index contributed by atoms with van der Waals surface area (Å²) in [4.78, 5) is 23.1. The molecule has 5 nitrogen and oxygen atoms in total. The van der Waals surface area contributed by atoms with E-state index in [0.29, 0.717) is 11.0 Å². The summed E-state index contributed by atoms with van der Waals surface area (Å²) < 4.78 is 0. The second kappa shape index (κ2) is 7.68. The number of carbonyl (C=O) groups is 2. The van der Waals surface area contributed by atoms with E-state index in [2.05, 4.69) is 10.6 Å². The largest absolute Gasteiger partial charge is 0.478 e. The van der Waals surface area contributed by atoms with Crippen LogP contribution in [0.4, 0.5) is 5.69 Å². The maximum Gasteiger partial charge on any atom is 0.339 e. The van der Waals surface area contributed by atoms with Gasteiger partial charge in [-0.15, -0.1) is 11.8 Å². The summed E-state index contributed by atoms with van der Waals surface area (Å²) in [7, 11) is 0. The molecule has 0 unspecified atom stereocenters. The number of rotatable bonds is 5. The number of carboxylic acids is 1. The molecule has 0 radical (unpaired) electrons. The zero-order valence-electron chi connectivity index (χ0n) is 11.4. The van der Waals surface area contributed by atoms with Gasteiger partial charge in [0.1, 0.15) is 5.56 Å². The Bertz CT molecular complexity index is 533. The minimum Gasteiger partial charge on any atom is -0.478 e. The van der Waals surface area contributed by atoms with Crippen LogP contribution in [0.1, 0.15) is 23.2 Å². The number of benzene rings is 1. The van der Waals surface area contributed by atoms with E-state index in [1.54, 1.807) is 23.9 Å². The van der Waals surface area contributed by atoms with E-state index in [1.165, 1.54) is 6.07 Å². The standard InChI is InChI=1S/C14H17ClN2O3S/c15-10-2-1-3-11(13(10)14(19)20)17-12(18)8-21-9-4-6-16-7-5-9/h1-3,9,16H,4-8H2,(H,17,18)(H,19,20). The van der Waals surface area contributed by atoms with E-state index >= 15 is 0 Å². The minimum atomic E-state index is -1.15. The number of carboxylic acid groups (broad SMARTS) is 1. The van der Waals surface area contributed by atoms with Crippen molar-refractivity contribution in [2.45, 2.75) is 18.1 Å². The quantitative estimate of drug-likeness (QED) is 0.774. The Balaban J connectivity index is 1.93. The number of hydrogen-bond acceptors (Lipinski definition) is 4. The Morgan fingerprint density at radius 3 is 2.76 bits per heavy atom. The van der Waals surface area contributed by atoms with Gasteiger partial charge < -0.3 is 15.7 Å². The van der Waals surface area contributed by atoms with Gasteiger partial charge in [-0.2, -0.15) is 0 Å². The molecule has 114 valence electrons. The van der Waals surface area contributed by atoms with Gasteiger partial charge in [-0.05, 0) is 38.1 Å². The van der Waals surface area contributed by atoms with Crippen LogP contribution in [0, 0.1) is 0 Å². The van der Waals surface area contributed by atoms with Crippen molar-refractivity contribution in [2.24, 2.45) is 0 Å². The molecule has 0 aromatic heterocycles. The van der Waals surface area contributed by atoms with Gasteiger partial charge in [0.05, 0.1) is 16.5 Å². The van der Waals surface area contributed by atoms with Crippen LogP contribution >= 0.6 is 23.4 Å². The average molecular weight is 329 g/mol. The first-order valence-corrected chi connectivity index (χ1v) is 8.14. The summed E-state index contributed by atoms with van der Waals surface area (Å²) in [5.74, 6) is -1.04. The van der Waals surface area contributed by atoms with Crippen molar-refractivity contribution >= 4 is 40.9 Å². The van der Waals surface area contributed by atoms with Gasteiger partial charge in [-0.1, -0.05) is 17.7 Å². The molecular weight excluding hydrogens is 312 g/mol. The first-order chi connectivity index (χ1) is 10.1. The lowest BCUT2D eigenvalue weighted by atomic mass is 10.2. The Labute approximate surface area is 132 Å². The predicted molar refractivity (Wildman–Crippen MR) is 85.4 cm³/mol. The number of halogens is 1. The van der Waals surface area contributed by atoms with Crippen LogP contribution in [0.3, 0.4) is 0 Å². The molecule has 0 saturated carbocycles. The van der Waals surface area contributed by atoms with Gasteiger partial charge in [-0.3, -0.25) is 4.79 Å². The average Bonchev–Trinajstić information content (AvgIpc) is 2.46. The third-order valence-electron chi connectivity index (χ3n) is 3.24. The van der Waals surface area contributed by atoms with Crippen molar-refractivity contribution in [2.75, 3.05) is 24.2 Å². The SMILES string of the molecule is O=C(CSC1CCNCC1)Nc1cccc(Cl)c1C(=O)O. The van der Waals surface area contributed by atoms with E-state index in [-0.39, 0.29) is 22.2 Å². The van der Waals surface area contributed by atoms with E-state index < -0.39 is 5.97 Å². The number of hydrogen-bond donors (Lipinski definition) is 3. The van der Waals surface area contributed by atoms with Crippen molar-refractivity contribution in [1.82, 2.24) is 5.32 Å². The third kappa shape index (κ3) is 4.62. The number of piperidine rings is 1. The lowest BCUT2D eigenvalue weighted by Gasteiger charge is -2.21. The van der Waals surface area contributed by atoms with Crippen LogP contribution in [0.2, 0.25) is 5.02 Å². The summed E-state index contributed by atoms with van der Waals surface area (Å²) in [5.41, 5.74) is 0.172. The van der Waals surface area contributed by atoms with Crippen molar-refractivity contribution in [3.05, 3.63) is 28.8 Å². The Kier molecular flexibility index (Phi) is 5.90. The summed E-state index contributed by atoms with van der Waals surface area (Å²) in [6, 6.07) is 4.65. The first-order valence-electron chi connectivity index (χ1n) is 6.72. The number of amides is 1. The van der Waals surface area contributed by atoms with Gasteiger partial charge in [0.25, 0.3) is 0 Å². The van der Waals surface area contributed by atoms with Crippen molar-refractivity contribution in [1.29, 1.82) is 0 Å². The molecule has 7 heteroatoms. The molecule has 0 atom stereocenters. The molecular formula is C14H17ClN2O3S. The maximum absolute atomic E-state index is 12.0. The Morgan fingerprint density at radius 1 is 1.38 bits per heavy atom. The van der Waals surface area contributed by atoms with Crippen LogP contribution < -0.4 is 10.6 Å². The van der Waals surface area contributed by atoms with Crippen LogP contribution in [0.5, 0.6) is 0 Å². The fourth-order valence-electron chi connectivity index (χ4n) is 2.19. The van der Waals surface area contributed by atoms with Gasteiger partial charge in [0.2, 0.25) is 5.91 Å². The van der Waals surface area contributed by atoms with Crippen LogP contribution in [-0.4, -0.2) is 41.1 Å². The molecule has 0 spiro atoms. The highest BCUT2D eigenvalue weighted by Crippen LogP contribution is 2.25. The third-order valence-corrected chi connectivity index (χ3v) is 4.92. The molecule has 21 heavy (non-hydrogen) atoms. The molecule has 1 aromatic rings. The fraction of sp³-hybridized carbons (Fsp3) is 0.429. The van der Waals surface area contributed by atoms with Crippen molar-refractivity contribution in [3.63, 3.8) is 0 Å². The molecule has 1 heterocycles. The van der Waals surface area contributed by atoms with Gasteiger partial charge in [0.15, 0.2) is 0 Å². The smallest absolute Gasteiger partial charge is 0.339 e. The number of anilines is 1. The highest BCUT2D eigenvalue weighted by atomic mass is 35.5. The van der Waals surface area contributed by atoms with Gasteiger partial charge in [0, 0.05) is 5.25 Å². The Morgan fingerprint density at radius 2 is 2.10 bits per heavy atom. The highest BCUT2D eigenvalue weighted by molar-refractivity contribution is 8.00. The summed E-state index contributed by atoms with van der Waals surface area (Å²) in [6.07, 6.45) is 2.10. The topological polar surface area (TPSA) is 78.4 Å². The van der Waals surface area contributed by atoms with E-state index in [9.17, 15) is 9.59 Å². The molecule has 1 aliphatic rings. The van der Waals surface area contributed by atoms with Crippen LogP contribution in [0.15, 0.2) is 18.2 Å². The number of nitrogens with one attached hydrogen (secondary N) is 2. The molecule has 0 aliphatic carbocycles. The molecule has 3 N–H and O–H groups in total. The zero-order valence-corrected chi connectivity index (χ0v) is 13.0. The minimum absolute atomic E-state index is 0.0700. The first kappa shape index (κ1) is 16.1. The summed E-state index contributed by atoms with van der Waals surface area (Å²) in [6.45, 7) is 1.97. The number of thioether (sulfide) groups is 1. The molecule has 1 saturated heterocycles. The van der Waals surface area contributed by atoms with Gasteiger partial charge in [-0.25, -0.2) is 4.79 Å². The number of aromatic carboxylic acids is 1. The van der Waals surface area contributed by atoms with E-state index in [1.807, 2.05) is 0 Å². The molecule has 0 bridgehead atoms. The summed E-state index contributed by atoms with van der Waals surface area (Å²) >= 11 is 7.47. The Hall–Kier alpha value is -1.24. The maximum atomic E-state index is 12.0. The molecule has 1 fully saturated rings. The number of carbonyl (C=O) groups excluding carboxylic acids is 1. The van der Waals surface area contributed by atoms with E-state index in [0.717, 1.165) is 25.9 Å². The highest BCUT2D eigenvalue weighted by Gasteiger charge is 2.18. The molecule has 1 aromatic carbocycles. The zero-order chi connectivity index (χ0) is 15.2. The lowest BCUT2D eigenvalue weighted by molar-refractivity contribution is -0.113. The lowest BCUT2D eigenvalue weighted by Crippen LogP contribution is -2.30. The fourth-order valence-corrected chi connectivity index (χ4v) is 3.47. The molecule has 2 rings (SSSR count). The van der Waals surface area contributed by atoms with E-state index in [4.69, 9.17) is 16.7 Å². The predicted octanol–water partition coefficient (Wildman–Crippen LogP) is 2.46. The second-order valence-corrected chi connectivity index (χ2v) is 6.47. The van der Waals surface area contributed by atoms with Crippen LogP contribution in [-0.2, 0) is 4.79 Å². The van der Waals surface area contributed by atoms with Crippen molar-refractivity contribution in [3.8, 4) is 0 Å². The second-order valence-electron chi connectivity index (χ2n) is 4.78. The molecule has 1 amide bonds. The van der Waals surface area contributed by atoms with Crippen molar-refractivity contribution < 1.29 is 14.7 Å². The summed E-state index contributed by atoms with van der Waals surface area (Å²) in [5, 5.41) is 15.7. The molecule has 1 aliphatic heterocycles.